The molecule has 0 unspecified atom stereocenters. The van der Waals surface area contributed by atoms with E-state index in [2.05, 4.69) is 51.5 Å². The first-order valence-electron chi connectivity index (χ1n) is 10.6. The Balaban J connectivity index is 1.41. The van der Waals surface area contributed by atoms with E-state index < -0.39 is 0 Å². The van der Waals surface area contributed by atoms with Crippen LogP contribution in [0.2, 0.25) is 0 Å². The van der Waals surface area contributed by atoms with E-state index in [-0.39, 0.29) is 12.5 Å². The highest BCUT2D eigenvalue weighted by Gasteiger charge is 2.16. The van der Waals surface area contributed by atoms with Gasteiger partial charge in [-0.1, -0.05) is 29.8 Å². The molecule has 1 amide bonds. The molecule has 0 atom stereocenters. The SMILES string of the molecule is Cc1ccc(-c2ccnc3c2c(C)nn3CC(=O)NCCCN2CCOCC2)cc1. The van der Waals surface area contributed by atoms with E-state index in [1.165, 1.54) is 5.56 Å². The van der Waals surface area contributed by atoms with Gasteiger partial charge in [-0.25, -0.2) is 9.67 Å². The van der Waals surface area contributed by atoms with Crippen LogP contribution in [0.5, 0.6) is 0 Å². The fourth-order valence-electron chi connectivity index (χ4n) is 3.91. The fraction of sp³-hybridized carbons (Fsp3) is 0.435. The summed E-state index contributed by atoms with van der Waals surface area (Å²) in [6, 6.07) is 10.4. The van der Waals surface area contributed by atoms with Crippen molar-refractivity contribution in [3.05, 3.63) is 47.8 Å². The molecule has 2 aromatic heterocycles. The van der Waals surface area contributed by atoms with Crippen LogP contribution in [0.25, 0.3) is 22.2 Å². The van der Waals surface area contributed by atoms with Gasteiger partial charge in [-0.3, -0.25) is 9.69 Å². The minimum atomic E-state index is -0.0380. The standard InChI is InChI=1S/C23H29N5O2/c1-17-4-6-19(7-5-17)20-8-10-25-23-22(20)18(2)26-28(23)16-21(29)24-9-3-11-27-12-14-30-15-13-27/h4-8,10H,3,9,11-16H2,1-2H3,(H,24,29). The van der Waals surface area contributed by atoms with Crippen LogP contribution in [-0.2, 0) is 16.1 Å². The van der Waals surface area contributed by atoms with E-state index in [4.69, 9.17) is 4.74 Å². The number of aromatic nitrogens is 3. The Hall–Kier alpha value is -2.77. The average molecular weight is 408 g/mol. The van der Waals surface area contributed by atoms with Crippen LogP contribution in [0.4, 0.5) is 0 Å². The summed E-state index contributed by atoms with van der Waals surface area (Å²) in [5.74, 6) is -0.0380. The number of nitrogens with one attached hydrogen (secondary N) is 1. The van der Waals surface area contributed by atoms with E-state index in [1.807, 2.05) is 13.0 Å². The monoisotopic (exact) mass is 407 g/mol. The van der Waals surface area contributed by atoms with Gasteiger partial charge in [-0.05, 0) is 44.0 Å². The lowest BCUT2D eigenvalue weighted by Crippen LogP contribution is -2.38. The number of fused-ring (bicyclic) bond motifs is 1. The summed E-state index contributed by atoms with van der Waals surface area (Å²) in [7, 11) is 0. The predicted octanol–water partition coefficient (Wildman–Crippen LogP) is 2.55. The molecule has 0 radical (unpaired) electrons. The number of nitrogens with zero attached hydrogens (tertiary/aromatic N) is 4. The molecule has 30 heavy (non-hydrogen) atoms. The number of morpholine rings is 1. The van der Waals surface area contributed by atoms with E-state index in [0.29, 0.717) is 6.54 Å². The van der Waals surface area contributed by atoms with Crippen molar-refractivity contribution < 1.29 is 9.53 Å². The van der Waals surface area contributed by atoms with Crippen LogP contribution in [0.1, 0.15) is 17.7 Å². The minimum absolute atomic E-state index is 0.0380. The van der Waals surface area contributed by atoms with Gasteiger partial charge in [0.05, 0.1) is 18.9 Å². The van der Waals surface area contributed by atoms with Gasteiger partial charge in [0.25, 0.3) is 0 Å². The van der Waals surface area contributed by atoms with Gasteiger partial charge >= 0.3 is 0 Å². The van der Waals surface area contributed by atoms with Gasteiger partial charge in [0.2, 0.25) is 5.91 Å². The Bertz CT molecular complexity index is 1010. The highest BCUT2D eigenvalue weighted by Crippen LogP contribution is 2.29. The van der Waals surface area contributed by atoms with Crippen molar-refractivity contribution >= 4 is 16.9 Å². The summed E-state index contributed by atoms with van der Waals surface area (Å²) in [5.41, 5.74) is 5.07. The Morgan fingerprint density at radius 2 is 1.90 bits per heavy atom. The molecule has 1 aromatic carbocycles. The Morgan fingerprint density at radius 1 is 1.13 bits per heavy atom. The second kappa shape index (κ2) is 9.36. The first-order chi connectivity index (χ1) is 14.6. The smallest absolute Gasteiger partial charge is 0.241 e. The third kappa shape index (κ3) is 4.68. The molecule has 1 saturated heterocycles. The van der Waals surface area contributed by atoms with Crippen molar-refractivity contribution in [2.45, 2.75) is 26.8 Å². The van der Waals surface area contributed by atoms with Crippen molar-refractivity contribution in [3.8, 4) is 11.1 Å². The number of hydrogen-bond acceptors (Lipinski definition) is 5. The summed E-state index contributed by atoms with van der Waals surface area (Å²) in [4.78, 5) is 19.4. The summed E-state index contributed by atoms with van der Waals surface area (Å²) >= 11 is 0. The molecule has 4 rings (SSSR count). The minimum Gasteiger partial charge on any atom is -0.379 e. The Morgan fingerprint density at radius 3 is 2.67 bits per heavy atom. The molecule has 3 heterocycles. The second-order valence-corrected chi connectivity index (χ2v) is 7.82. The number of carbonyl (C=O) groups excluding carboxylic acids is 1. The predicted molar refractivity (Wildman–Crippen MR) is 117 cm³/mol. The molecule has 7 heteroatoms. The lowest BCUT2D eigenvalue weighted by Gasteiger charge is -2.26. The molecule has 0 saturated carbocycles. The Kier molecular flexibility index (Phi) is 6.40. The van der Waals surface area contributed by atoms with Crippen LogP contribution in [0, 0.1) is 13.8 Å². The maximum atomic E-state index is 12.5. The third-order valence-electron chi connectivity index (χ3n) is 5.54. The van der Waals surface area contributed by atoms with Crippen molar-refractivity contribution in [2.24, 2.45) is 0 Å². The summed E-state index contributed by atoms with van der Waals surface area (Å²) in [5, 5.41) is 8.62. The average Bonchev–Trinajstić information content (AvgIpc) is 3.08. The number of amides is 1. The molecular formula is C23H29N5O2. The van der Waals surface area contributed by atoms with Gasteiger partial charge in [-0.15, -0.1) is 0 Å². The number of ether oxygens (including phenoxy) is 1. The summed E-state index contributed by atoms with van der Waals surface area (Å²) in [6.07, 6.45) is 2.72. The van der Waals surface area contributed by atoms with Gasteiger partial charge in [0, 0.05) is 31.2 Å². The lowest BCUT2D eigenvalue weighted by atomic mass is 10.0. The van der Waals surface area contributed by atoms with Crippen molar-refractivity contribution in [2.75, 3.05) is 39.4 Å². The highest BCUT2D eigenvalue weighted by molar-refractivity contribution is 5.95. The molecule has 1 aliphatic rings. The van der Waals surface area contributed by atoms with Crippen molar-refractivity contribution in [1.29, 1.82) is 0 Å². The quantitative estimate of drug-likeness (QED) is 0.610. The number of carbonyl (C=O) groups is 1. The van der Waals surface area contributed by atoms with Crippen molar-refractivity contribution in [3.63, 3.8) is 0 Å². The molecule has 0 bridgehead atoms. The van der Waals surface area contributed by atoms with Gasteiger partial charge < -0.3 is 10.1 Å². The zero-order chi connectivity index (χ0) is 20.9. The van der Waals surface area contributed by atoms with Gasteiger partial charge in [0.15, 0.2) is 5.65 Å². The van der Waals surface area contributed by atoms with E-state index >= 15 is 0 Å². The van der Waals surface area contributed by atoms with E-state index in [1.54, 1.807) is 10.9 Å². The van der Waals surface area contributed by atoms with Crippen LogP contribution in [0.15, 0.2) is 36.5 Å². The fourth-order valence-corrected chi connectivity index (χ4v) is 3.91. The molecule has 0 spiro atoms. The van der Waals surface area contributed by atoms with Crippen molar-refractivity contribution in [1.82, 2.24) is 25.0 Å². The number of aryl methyl sites for hydroxylation is 2. The van der Waals surface area contributed by atoms with Crippen LogP contribution in [-0.4, -0.2) is 65.0 Å². The molecule has 158 valence electrons. The molecule has 1 fully saturated rings. The van der Waals surface area contributed by atoms with Crippen LogP contribution in [0.3, 0.4) is 0 Å². The zero-order valence-corrected chi connectivity index (χ0v) is 17.7. The van der Waals surface area contributed by atoms with Gasteiger partial charge in [-0.2, -0.15) is 5.10 Å². The second-order valence-electron chi connectivity index (χ2n) is 7.82. The number of hydrogen-bond donors (Lipinski definition) is 1. The summed E-state index contributed by atoms with van der Waals surface area (Å²) in [6.45, 7) is 9.42. The zero-order valence-electron chi connectivity index (χ0n) is 17.7. The molecule has 1 N–H and O–H groups in total. The maximum absolute atomic E-state index is 12.5. The summed E-state index contributed by atoms with van der Waals surface area (Å²) < 4.78 is 7.07. The highest BCUT2D eigenvalue weighted by atomic mass is 16.5. The molecular weight excluding hydrogens is 378 g/mol. The number of rotatable bonds is 7. The van der Waals surface area contributed by atoms with Gasteiger partial charge in [0.1, 0.15) is 6.54 Å². The van der Waals surface area contributed by atoms with E-state index in [9.17, 15) is 4.79 Å². The largest absolute Gasteiger partial charge is 0.379 e. The molecule has 1 aliphatic heterocycles. The molecule has 7 nitrogen and oxygen atoms in total. The van der Waals surface area contributed by atoms with Crippen LogP contribution >= 0.6 is 0 Å². The maximum Gasteiger partial charge on any atom is 0.241 e. The lowest BCUT2D eigenvalue weighted by molar-refractivity contribution is -0.121. The first-order valence-corrected chi connectivity index (χ1v) is 10.6. The van der Waals surface area contributed by atoms with E-state index in [0.717, 1.165) is 67.1 Å². The van der Waals surface area contributed by atoms with Crippen LogP contribution < -0.4 is 5.32 Å². The molecule has 0 aliphatic carbocycles. The number of benzene rings is 1. The molecule has 3 aromatic rings. The third-order valence-corrected chi connectivity index (χ3v) is 5.54. The number of pyridine rings is 1. The first kappa shape index (κ1) is 20.5. The normalized spacial score (nSPS) is 14.9. The topological polar surface area (TPSA) is 72.3 Å². The Labute approximate surface area is 177 Å².